The summed E-state index contributed by atoms with van der Waals surface area (Å²) in [6.45, 7) is 0. The average Bonchev–Trinajstić information content (AvgIpc) is 3.09. The van der Waals surface area contributed by atoms with Crippen LogP contribution in [0.2, 0.25) is 0 Å². The van der Waals surface area contributed by atoms with Gasteiger partial charge >= 0.3 is 6.18 Å². The molecule has 1 N–H and O–H groups in total. The van der Waals surface area contributed by atoms with Crippen LogP contribution in [0.4, 0.5) is 17.6 Å². The summed E-state index contributed by atoms with van der Waals surface area (Å²) in [5.41, 5.74) is -1.46. The number of benzene rings is 1. The summed E-state index contributed by atoms with van der Waals surface area (Å²) in [6.07, 6.45) is -3.41. The Hall–Kier alpha value is -2.78. The molecule has 21 heavy (non-hydrogen) atoms. The van der Waals surface area contributed by atoms with E-state index in [1.165, 1.54) is 6.33 Å². The number of halogens is 4. The Balaban J connectivity index is 2.04. The molecule has 0 fully saturated rings. The van der Waals surface area contributed by atoms with Crippen molar-refractivity contribution < 1.29 is 22.1 Å². The number of aromatic amines is 1. The van der Waals surface area contributed by atoms with Gasteiger partial charge in [0.2, 0.25) is 5.82 Å². The molecular weight excluding hydrogens is 294 g/mol. The van der Waals surface area contributed by atoms with Crippen LogP contribution in [0.1, 0.15) is 5.56 Å². The maximum absolute atomic E-state index is 13.7. The molecule has 3 rings (SSSR count). The second kappa shape index (κ2) is 4.65. The fourth-order valence-corrected chi connectivity index (χ4v) is 1.61. The number of H-pyrrole nitrogens is 1. The van der Waals surface area contributed by atoms with E-state index < -0.39 is 23.1 Å². The molecule has 3 aromatic rings. The summed E-state index contributed by atoms with van der Waals surface area (Å²) in [5.74, 6) is -1.18. The van der Waals surface area contributed by atoms with Crippen LogP contribution in [0, 0.1) is 5.82 Å². The topological polar surface area (TPSA) is 80.5 Å². The summed E-state index contributed by atoms with van der Waals surface area (Å²) < 4.78 is 56.3. The lowest BCUT2D eigenvalue weighted by Gasteiger charge is -2.07. The molecule has 108 valence electrons. The van der Waals surface area contributed by atoms with Crippen molar-refractivity contribution in [2.45, 2.75) is 6.18 Å². The highest BCUT2D eigenvalue weighted by molar-refractivity contribution is 5.58. The van der Waals surface area contributed by atoms with Crippen molar-refractivity contribution in [3.63, 3.8) is 0 Å². The largest absolute Gasteiger partial charge is 0.416 e. The van der Waals surface area contributed by atoms with Crippen molar-refractivity contribution in [2.24, 2.45) is 0 Å². The monoisotopic (exact) mass is 299 g/mol. The maximum Gasteiger partial charge on any atom is 0.416 e. The molecule has 0 aliphatic carbocycles. The van der Waals surface area contributed by atoms with E-state index in [0.29, 0.717) is 18.2 Å². The molecule has 0 saturated heterocycles. The number of hydrogen-bond donors (Lipinski definition) is 1. The van der Waals surface area contributed by atoms with Crippen LogP contribution in [0.3, 0.4) is 0 Å². The van der Waals surface area contributed by atoms with Gasteiger partial charge in [0.1, 0.15) is 12.1 Å². The van der Waals surface area contributed by atoms with E-state index in [-0.39, 0.29) is 17.5 Å². The SMILES string of the molecule is Fc1ccc(C(F)(F)F)cc1-c1nc(-c2ncn[nH]2)no1. The highest BCUT2D eigenvalue weighted by Gasteiger charge is 2.32. The van der Waals surface area contributed by atoms with Crippen molar-refractivity contribution in [2.75, 3.05) is 0 Å². The molecule has 10 heteroatoms. The molecular formula is C11H5F4N5O. The zero-order valence-corrected chi connectivity index (χ0v) is 10.0. The van der Waals surface area contributed by atoms with Crippen LogP contribution in [-0.4, -0.2) is 25.3 Å². The lowest BCUT2D eigenvalue weighted by molar-refractivity contribution is -0.137. The standard InChI is InChI=1S/C11H5F4N5O/c12-7-2-1-5(11(13,14)15)3-6(7)10-18-9(20-21-10)8-16-4-17-19-8/h1-4H,(H,16,17,19). The molecule has 0 unspecified atom stereocenters. The Morgan fingerprint density at radius 3 is 2.67 bits per heavy atom. The van der Waals surface area contributed by atoms with Gasteiger partial charge in [-0.1, -0.05) is 5.16 Å². The predicted octanol–water partition coefficient (Wildman–Crippen LogP) is 2.68. The Kier molecular flexibility index (Phi) is 2.92. The highest BCUT2D eigenvalue weighted by Crippen LogP contribution is 2.33. The lowest BCUT2D eigenvalue weighted by Crippen LogP contribution is -2.05. The first kappa shape index (κ1) is 13.2. The Morgan fingerprint density at radius 2 is 2.00 bits per heavy atom. The fraction of sp³-hybridized carbons (Fsp3) is 0.0909. The molecule has 0 aliphatic rings. The van der Waals surface area contributed by atoms with Crippen molar-refractivity contribution in [3.8, 4) is 23.1 Å². The smallest absolute Gasteiger partial charge is 0.333 e. The van der Waals surface area contributed by atoms with E-state index in [1.54, 1.807) is 0 Å². The van der Waals surface area contributed by atoms with Crippen LogP contribution in [-0.2, 0) is 6.18 Å². The minimum absolute atomic E-state index is 0.0423. The Morgan fingerprint density at radius 1 is 1.19 bits per heavy atom. The van der Waals surface area contributed by atoms with Crippen LogP contribution in [0.25, 0.3) is 23.1 Å². The van der Waals surface area contributed by atoms with Gasteiger partial charge in [0.05, 0.1) is 11.1 Å². The maximum atomic E-state index is 13.7. The molecule has 2 aromatic heterocycles. The molecule has 0 bridgehead atoms. The van der Waals surface area contributed by atoms with Crippen LogP contribution >= 0.6 is 0 Å². The minimum Gasteiger partial charge on any atom is -0.333 e. The first-order chi connectivity index (χ1) is 9.95. The summed E-state index contributed by atoms with van der Waals surface area (Å²) in [7, 11) is 0. The highest BCUT2D eigenvalue weighted by atomic mass is 19.4. The second-order valence-electron chi connectivity index (χ2n) is 3.95. The number of nitrogens with one attached hydrogen (secondary N) is 1. The zero-order valence-electron chi connectivity index (χ0n) is 10.0. The van der Waals surface area contributed by atoms with Gasteiger partial charge in [-0.05, 0) is 18.2 Å². The van der Waals surface area contributed by atoms with Gasteiger partial charge in [-0.25, -0.2) is 9.37 Å². The van der Waals surface area contributed by atoms with Crippen molar-refractivity contribution in [1.29, 1.82) is 0 Å². The molecule has 0 amide bonds. The van der Waals surface area contributed by atoms with Gasteiger partial charge in [-0.15, -0.1) is 0 Å². The van der Waals surface area contributed by atoms with E-state index in [4.69, 9.17) is 4.52 Å². The Labute approximate surface area is 113 Å². The molecule has 0 spiro atoms. The third-order valence-corrected chi connectivity index (χ3v) is 2.58. The lowest BCUT2D eigenvalue weighted by atomic mass is 10.1. The zero-order chi connectivity index (χ0) is 15.0. The van der Waals surface area contributed by atoms with Crippen LogP contribution in [0.5, 0.6) is 0 Å². The molecule has 0 saturated carbocycles. The molecule has 6 nitrogen and oxygen atoms in total. The van der Waals surface area contributed by atoms with Crippen molar-refractivity contribution in [1.82, 2.24) is 25.3 Å². The molecule has 2 heterocycles. The summed E-state index contributed by atoms with van der Waals surface area (Å²) >= 11 is 0. The van der Waals surface area contributed by atoms with E-state index in [9.17, 15) is 17.6 Å². The molecule has 0 aliphatic heterocycles. The summed E-state index contributed by atoms with van der Waals surface area (Å²) in [6, 6.07) is 1.93. The fourth-order valence-electron chi connectivity index (χ4n) is 1.61. The second-order valence-corrected chi connectivity index (χ2v) is 3.95. The van der Waals surface area contributed by atoms with E-state index in [0.717, 1.165) is 0 Å². The van der Waals surface area contributed by atoms with Crippen molar-refractivity contribution >= 4 is 0 Å². The quantitative estimate of drug-likeness (QED) is 0.736. The minimum atomic E-state index is -4.60. The van der Waals surface area contributed by atoms with Gasteiger partial charge in [0.15, 0.2) is 5.82 Å². The first-order valence-electron chi connectivity index (χ1n) is 5.52. The van der Waals surface area contributed by atoms with Gasteiger partial charge in [0, 0.05) is 0 Å². The van der Waals surface area contributed by atoms with Crippen LogP contribution < -0.4 is 0 Å². The summed E-state index contributed by atoms with van der Waals surface area (Å²) in [5, 5.41) is 9.51. The third-order valence-electron chi connectivity index (χ3n) is 2.58. The average molecular weight is 299 g/mol. The van der Waals surface area contributed by atoms with E-state index >= 15 is 0 Å². The third kappa shape index (κ3) is 2.47. The van der Waals surface area contributed by atoms with Crippen molar-refractivity contribution in [3.05, 3.63) is 35.9 Å². The van der Waals surface area contributed by atoms with Crippen LogP contribution in [0.15, 0.2) is 29.0 Å². The Bertz CT molecular complexity index is 765. The molecule has 1 aromatic carbocycles. The summed E-state index contributed by atoms with van der Waals surface area (Å²) in [4.78, 5) is 7.54. The van der Waals surface area contributed by atoms with Gasteiger partial charge < -0.3 is 4.52 Å². The number of hydrogen-bond acceptors (Lipinski definition) is 5. The van der Waals surface area contributed by atoms with Gasteiger partial charge in [0.25, 0.3) is 5.89 Å². The van der Waals surface area contributed by atoms with E-state index in [1.807, 2.05) is 0 Å². The number of aromatic nitrogens is 5. The number of alkyl halides is 3. The number of nitrogens with zero attached hydrogens (tertiary/aromatic N) is 4. The molecule has 0 atom stereocenters. The van der Waals surface area contributed by atoms with Gasteiger partial charge in [-0.2, -0.15) is 23.3 Å². The van der Waals surface area contributed by atoms with E-state index in [2.05, 4.69) is 25.3 Å². The van der Waals surface area contributed by atoms with Gasteiger partial charge in [-0.3, -0.25) is 5.10 Å². The normalized spacial score (nSPS) is 11.8. The first-order valence-corrected chi connectivity index (χ1v) is 5.52. The predicted molar refractivity (Wildman–Crippen MR) is 60.1 cm³/mol. The number of rotatable bonds is 2. The molecule has 0 radical (unpaired) electrons.